The van der Waals surface area contributed by atoms with Gasteiger partial charge < -0.3 is 10.6 Å². The van der Waals surface area contributed by atoms with Crippen LogP contribution in [0.4, 0.5) is 4.39 Å². The van der Waals surface area contributed by atoms with Crippen molar-refractivity contribution in [3.05, 3.63) is 34.6 Å². The molecule has 2 N–H and O–H groups in total. The number of carbonyl (C=O) groups excluding carboxylic acids is 1. The number of likely N-dealkylation sites (tertiary alicyclic amines) is 1. The minimum atomic E-state index is -0.564. The van der Waals surface area contributed by atoms with Gasteiger partial charge >= 0.3 is 0 Å². The first-order valence-electron chi connectivity index (χ1n) is 5.58. The van der Waals surface area contributed by atoms with Crippen molar-refractivity contribution < 1.29 is 9.18 Å². The molecule has 5 heteroatoms. The van der Waals surface area contributed by atoms with Crippen molar-refractivity contribution in [1.82, 2.24) is 4.90 Å². The van der Waals surface area contributed by atoms with Gasteiger partial charge in [-0.3, -0.25) is 4.79 Å². The van der Waals surface area contributed by atoms with Crippen LogP contribution in [0.1, 0.15) is 23.2 Å². The van der Waals surface area contributed by atoms with Crippen LogP contribution in [0.25, 0.3) is 0 Å². The van der Waals surface area contributed by atoms with Crippen molar-refractivity contribution in [3.8, 4) is 0 Å². The Morgan fingerprint density at radius 2 is 2.06 bits per heavy atom. The van der Waals surface area contributed by atoms with E-state index in [1.54, 1.807) is 11.0 Å². The van der Waals surface area contributed by atoms with Crippen LogP contribution in [0.5, 0.6) is 0 Å². The monoisotopic (exact) mass is 256 g/mol. The lowest BCUT2D eigenvalue weighted by Gasteiger charge is -2.30. The first kappa shape index (κ1) is 12.3. The minimum Gasteiger partial charge on any atom is -0.338 e. The molecule has 1 aromatic rings. The topological polar surface area (TPSA) is 46.3 Å². The van der Waals surface area contributed by atoms with Crippen LogP contribution >= 0.6 is 11.6 Å². The van der Waals surface area contributed by atoms with Crippen molar-refractivity contribution in [2.24, 2.45) is 5.73 Å². The van der Waals surface area contributed by atoms with Crippen LogP contribution in [0, 0.1) is 5.82 Å². The number of amides is 1. The maximum absolute atomic E-state index is 13.2. The normalized spacial score (nSPS) is 17.2. The van der Waals surface area contributed by atoms with Gasteiger partial charge in [-0.25, -0.2) is 4.39 Å². The van der Waals surface area contributed by atoms with E-state index in [0.717, 1.165) is 12.8 Å². The summed E-state index contributed by atoms with van der Waals surface area (Å²) in [5, 5.41) is -0.104. The van der Waals surface area contributed by atoms with Crippen molar-refractivity contribution >= 4 is 17.5 Å². The first-order chi connectivity index (χ1) is 8.09. The van der Waals surface area contributed by atoms with E-state index in [1.165, 1.54) is 12.1 Å². The Labute approximate surface area is 104 Å². The summed E-state index contributed by atoms with van der Waals surface area (Å²) in [7, 11) is 0. The van der Waals surface area contributed by atoms with Crippen molar-refractivity contribution in [1.29, 1.82) is 0 Å². The molecule has 0 radical (unpaired) electrons. The predicted octanol–water partition coefficient (Wildman–Crippen LogP) is 2.04. The number of benzene rings is 1. The molecule has 0 spiro atoms. The molecule has 0 unspecified atom stereocenters. The molecule has 1 heterocycles. The fourth-order valence-corrected chi connectivity index (χ4v) is 2.15. The van der Waals surface area contributed by atoms with E-state index in [-0.39, 0.29) is 22.5 Å². The third-order valence-electron chi connectivity index (χ3n) is 3.01. The zero-order chi connectivity index (χ0) is 12.4. The van der Waals surface area contributed by atoms with Crippen LogP contribution in [0.15, 0.2) is 18.2 Å². The van der Waals surface area contributed by atoms with Gasteiger partial charge in [0.15, 0.2) is 0 Å². The molecule has 1 aromatic carbocycles. The molecule has 1 saturated heterocycles. The Bertz CT molecular complexity index is 431. The minimum absolute atomic E-state index is 0.104. The molecule has 0 aliphatic carbocycles. The fraction of sp³-hybridized carbons (Fsp3) is 0.417. The van der Waals surface area contributed by atoms with E-state index in [4.69, 9.17) is 17.3 Å². The fourth-order valence-electron chi connectivity index (χ4n) is 1.94. The summed E-state index contributed by atoms with van der Waals surface area (Å²) in [5.41, 5.74) is 5.99. The van der Waals surface area contributed by atoms with E-state index in [0.29, 0.717) is 13.1 Å². The van der Waals surface area contributed by atoms with Gasteiger partial charge in [0.25, 0.3) is 5.91 Å². The molecule has 2 rings (SSSR count). The summed E-state index contributed by atoms with van der Waals surface area (Å²) in [6, 6.07) is 4.43. The van der Waals surface area contributed by atoms with Gasteiger partial charge in [0, 0.05) is 19.1 Å². The lowest BCUT2D eigenvalue weighted by Crippen LogP contribution is -2.42. The summed E-state index contributed by atoms with van der Waals surface area (Å²) >= 11 is 5.79. The van der Waals surface area contributed by atoms with Gasteiger partial charge in [-0.2, -0.15) is 0 Å². The first-order valence-corrected chi connectivity index (χ1v) is 5.96. The third kappa shape index (κ3) is 2.58. The smallest absolute Gasteiger partial charge is 0.255 e. The lowest BCUT2D eigenvalue weighted by molar-refractivity contribution is 0.0714. The standard InChI is InChI=1S/C12H14ClFN2O/c13-11-9(2-1-3-10(11)14)12(17)16-6-4-8(15)5-7-16/h1-3,8H,4-7,15H2. The maximum Gasteiger partial charge on any atom is 0.255 e. The molecular weight excluding hydrogens is 243 g/mol. The number of carbonyl (C=O) groups is 1. The van der Waals surface area contributed by atoms with Crippen molar-refractivity contribution in [2.45, 2.75) is 18.9 Å². The zero-order valence-corrected chi connectivity index (χ0v) is 10.1. The predicted molar refractivity (Wildman–Crippen MR) is 64.5 cm³/mol. The van der Waals surface area contributed by atoms with E-state index in [2.05, 4.69) is 0 Å². The Balaban J connectivity index is 2.17. The zero-order valence-electron chi connectivity index (χ0n) is 9.33. The van der Waals surface area contributed by atoms with Gasteiger partial charge in [-0.15, -0.1) is 0 Å². The second-order valence-electron chi connectivity index (χ2n) is 4.23. The van der Waals surface area contributed by atoms with Crippen molar-refractivity contribution in [3.63, 3.8) is 0 Å². The van der Waals surface area contributed by atoms with Gasteiger partial charge in [-0.05, 0) is 25.0 Å². The lowest BCUT2D eigenvalue weighted by atomic mass is 10.0. The molecule has 1 aliphatic heterocycles. The number of rotatable bonds is 1. The molecule has 0 bridgehead atoms. The number of hydrogen-bond acceptors (Lipinski definition) is 2. The number of piperidine rings is 1. The molecule has 0 atom stereocenters. The Morgan fingerprint density at radius 1 is 1.41 bits per heavy atom. The van der Waals surface area contributed by atoms with E-state index in [1.807, 2.05) is 0 Å². The average Bonchev–Trinajstić information content (AvgIpc) is 2.33. The molecule has 17 heavy (non-hydrogen) atoms. The van der Waals surface area contributed by atoms with Gasteiger partial charge in [0.2, 0.25) is 0 Å². The van der Waals surface area contributed by atoms with Gasteiger partial charge in [-0.1, -0.05) is 17.7 Å². The summed E-state index contributed by atoms with van der Waals surface area (Å²) < 4.78 is 13.2. The van der Waals surface area contributed by atoms with E-state index < -0.39 is 5.82 Å². The maximum atomic E-state index is 13.2. The quantitative estimate of drug-likeness (QED) is 0.836. The SMILES string of the molecule is NC1CCN(C(=O)c2cccc(F)c2Cl)CC1. The highest BCUT2D eigenvalue weighted by Crippen LogP contribution is 2.22. The van der Waals surface area contributed by atoms with Crippen LogP contribution in [0.2, 0.25) is 5.02 Å². The van der Waals surface area contributed by atoms with Gasteiger partial charge in [0.05, 0.1) is 10.6 Å². The van der Waals surface area contributed by atoms with Crippen LogP contribution in [0.3, 0.4) is 0 Å². The number of hydrogen-bond donors (Lipinski definition) is 1. The molecule has 1 aliphatic rings. The average molecular weight is 257 g/mol. The number of halogens is 2. The number of nitrogens with two attached hydrogens (primary N) is 1. The third-order valence-corrected chi connectivity index (χ3v) is 3.39. The molecular formula is C12H14ClFN2O. The summed E-state index contributed by atoms with van der Waals surface area (Å²) in [6.07, 6.45) is 1.55. The van der Waals surface area contributed by atoms with Gasteiger partial charge in [0.1, 0.15) is 5.82 Å². The molecule has 1 fully saturated rings. The Kier molecular flexibility index (Phi) is 3.64. The molecule has 3 nitrogen and oxygen atoms in total. The highest BCUT2D eigenvalue weighted by molar-refractivity contribution is 6.34. The van der Waals surface area contributed by atoms with E-state index >= 15 is 0 Å². The molecule has 92 valence electrons. The highest BCUT2D eigenvalue weighted by Gasteiger charge is 2.23. The second kappa shape index (κ2) is 5.02. The number of nitrogens with zero attached hydrogens (tertiary/aromatic N) is 1. The Hall–Kier alpha value is -1.13. The Morgan fingerprint density at radius 3 is 2.71 bits per heavy atom. The molecule has 0 saturated carbocycles. The summed E-state index contributed by atoms with van der Waals surface area (Å²) in [4.78, 5) is 13.8. The summed E-state index contributed by atoms with van der Waals surface area (Å²) in [5.74, 6) is -0.785. The van der Waals surface area contributed by atoms with Crippen LogP contribution in [-0.2, 0) is 0 Å². The second-order valence-corrected chi connectivity index (χ2v) is 4.61. The van der Waals surface area contributed by atoms with Crippen LogP contribution in [-0.4, -0.2) is 29.9 Å². The summed E-state index contributed by atoms with van der Waals surface area (Å²) in [6.45, 7) is 1.21. The van der Waals surface area contributed by atoms with Crippen LogP contribution < -0.4 is 5.73 Å². The molecule has 1 amide bonds. The largest absolute Gasteiger partial charge is 0.338 e. The van der Waals surface area contributed by atoms with Crippen molar-refractivity contribution in [2.75, 3.05) is 13.1 Å². The van der Waals surface area contributed by atoms with E-state index in [9.17, 15) is 9.18 Å². The highest BCUT2D eigenvalue weighted by atomic mass is 35.5. The molecule has 0 aromatic heterocycles.